The van der Waals surface area contributed by atoms with Gasteiger partial charge in [-0.25, -0.2) is 9.50 Å². The van der Waals surface area contributed by atoms with Crippen molar-refractivity contribution in [3.05, 3.63) is 84.4 Å². The number of hydrogen-bond acceptors (Lipinski definition) is 5. The van der Waals surface area contributed by atoms with Gasteiger partial charge in [-0.3, -0.25) is 9.78 Å². The van der Waals surface area contributed by atoms with Crippen molar-refractivity contribution in [2.45, 2.75) is 25.3 Å². The van der Waals surface area contributed by atoms with E-state index in [0.29, 0.717) is 11.2 Å². The summed E-state index contributed by atoms with van der Waals surface area (Å²) in [6.45, 7) is 2.97. The molecule has 33 heavy (non-hydrogen) atoms. The number of amides is 1. The molecule has 0 atom stereocenters. The molecule has 0 N–H and O–H groups in total. The third-order valence-electron chi connectivity index (χ3n) is 6.54. The van der Waals surface area contributed by atoms with E-state index in [0.717, 1.165) is 55.8 Å². The van der Waals surface area contributed by atoms with E-state index in [1.165, 1.54) is 0 Å². The van der Waals surface area contributed by atoms with Crippen LogP contribution in [0.3, 0.4) is 0 Å². The second kappa shape index (κ2) is 9.50. The minimum Gasteiger partial charge on any atom is -0.338 e. The highest BCUT2D eigenvalue weighted by molar-refractivity contribution is 6.00. The second-order valence-electron chi connectivity index (χ2n) is 8.55. The molecule has 1 aliphatic heterocycles. The number of benzene rings is 1. The maximum absolute atomic E-state index is 13.4. The highest BCUT2D eigenvalue weighted by Gasteiger charge is 2.28. The van der Waals surface area contributed by atoms with Gasteiger partial charge in [0, 0.05) is 62.8 Å². The maximum Gasteiger partial charge on any atom is 0.259 e. The summed E-state index contributed by atoms with van der Waals surface area (Å²) in [5, 5.41) is 4.50. The summed E-state index contributed by atoms with van der Waals surface area (Å²) >= 11 is 0. The molecule has 0 unspecified atom stereocenters. The number of hydrogen-bond donors (Lipinski definition) is 0. The maximum atomic E-state index is 13.4. The van der Waals surface area contributed by atoms with Gasteiger partial charge in [0.25, 0.3) is 5.91 Å². The van der Waals surface area contributed by atoms with Gasteiger partial charge in [0.15, 0.2) is 5.65 Å². The molecule has 1 aromatic carbocycles. The third kappa shape index (κ3) is 4.50. The van der Waals surface area contributed by atoms with Gasteiger partial charge in [0.05, 0.1) is 11.9 Å². The standard InChI is InChI=1S/C26H28N6O/c1-30(22-12-17-31(18-13-22)16-11-21-9-5-6-14-27-21)26(33)23-19-29-32-24(10-15-28-25(23)32)20-7-3-2-4-8-20/h2-10,14-15,19,22H,11-13,16-18H2,1H3. The number of likely N-dealkylation sites (tertiary alicyclic amines) is 1. The predicted octanol–water partition coefficient (Wildman–Crippen LogP) is 3.57. The Labute approximate surface area is 193 Å². The molecule has 7 heteroatoms. The fourth-order valence-corrected chi connectivity index (χ4v) is 4.57. The average Bonchev–Trinajstić information content (AvgIpc) is 3.32. The Morgan fingerprint density at radius 2 is 1.79 bits per heavy atom. The van der Waals surface area contributed by atoms with Crippen LogP contribution in [0, 0.1) is 0 Å². The van der Waals surface area contributed by atoms with Gasteiger partial charge < -0.3 is 9.80 Å². The molecule has 0 bridgehead atoms. The molecule has 7 nitrogen and oxygen atoms in total. The van der Waals surface area contributed by atoms with Gasteiger partial charge in [-0.05, 0) is 31.0 Å². The smallest absolute Gasteiger partial charge is 0.259 e. The zero-order chi connectivity index (χ0) is 22.6. The Balaban J connectivity index is 1.25. The minimum absolute atomic E-state index is 0.0188. The monoisotopic (exact) mass is 440 g/mol. The first-order valence-corrected chi connectivity index (χ1v) is 11.5. The molecular weight excluding hydrogens is 412 g/mol. The number of pyridine rings is 1. The number of aromatic nitrogens is 4. The van der Waals surface area contributed by atoms with Crippen molar-refractivity contribution >= 4 is 11.6 Å². The summed E-state index contributed by atoms with van der Waals surface area (Å²) in [5.74, 6) is -0.0188. The lowest BCUT2D eigenvalue weighted by atomic mass is 10.0. The van der Waals surface area contributed by atoms with E-state index in [4.69, 9.17) is 0 Å². The number of nitrogens with zero attached hydrogens (tertiary/aromatic N) is 6. The molecule has 3 aromatic heterocycles. The topological polar surface area (TPSA) is 66.6 Å². The van der Waals surface area contributed by atoms with Crippen LogP contribution in [-0.4, -0.2) is 68.0 Å². The Morgan fingerprint density at radius 3 is 2.55 bits per heavy atom. The summed E-state index contributed by atoms with van der Waals surface area (Å²) in [5.41, 5.74) is 4.23. The zero-order valence-corrected chi connectivity index (χ0v) is 18.8. The van der Waals surface area contributed by atoms with E-state index in [1.807, 2.05) is 66.7 Å². The van der Waals surface area contributed by atoms with Crippen molar-refractivity contribution in [3.8, 4) is 11.3 Å². The summed E-state index contributed by atoms with van der Waals surface area (Å²) in [6.07, 6.45) is 8.13. The SMILES string of the molecule is CN(C(=O)c1cnn2c(-c3ccccc3)ccnc12)C1CCN(CCc2ccccn2)CC1. The zero-order valence-electron chi connectivity index (χ0n) is 18.8. The van der Waals surface area contributed by atoms with E-state index >= 15 is 0 Å². The van der Waals surface area contributed by atoms with Crippen LogP contribution in [0.5, 0.6) is 0 Å². The van der Waals surface area contributed by atoms with E-state index in [9.17, 15) is 4.79 Å². The average molecular weight is 441 g/mol. The first-order valence-electron chi connectivity index (χ1n) is 11.5. The fourth-order valence-electron chi connectivity index (χ4n) is 4.57. The molecule has 1 saturated heterocycles. The molecule has 0 saturated carbocycles. The fraction of sp³-hybridized carbons (Fsp3) is 0.308. The molecule has 168 valence electrons. The van der Waals surface area contributed by atoms with Crippen LogP contribution in [-0.2, 0) is 6.42 Å². The molecule has 0 aliphatic carbocycles. The van der Waals surface area contributed by atoms with Gasteiger partial charge in [0.2, 0.25) is 0 Å². The summed E-state index contributed by atoms with van der Waals surface area (Å²) in [7, 11) is 1.90. The lowest BCUT2D eigenvalue weighted by molar-refractivity contribution is 0.0645. The Hall–Kier alpha value is -3.58. The van der Waals surface area contributed by atoms with Crippen molar-refractivity contribution in [3.63, 3.8) is 0 Å². The molecule has 1 aliphatic rings. The van der Waals surface area contributed by atoms with Gasteiger partial charge in [-0.1, -0.05) is 36.4 Å². The molecule has 0 spiro atoms. The Morgan fingerprint density at radius 1 is 1.00 bits per heavy atom. The van der Waals surface area contributed by atoms with Crippen LogP contribution in [0.1, 0.15) is 28.9 Å². The Bertz CT molecular complexity index is 1220. The largest absolute Gasteiger partial charge is 0.338 e. The van der Waals surface area contributed by atoms with Crippen LogP contribution in [0.15, 0.2) is 73.2 Å². The summed E-state index contributed by atoms with van der Waals surface area (Å²) < 4.78 is 1.76. The van der Waals surface area contributed by atoms with Crippen molar-refractivity contribution in [1.82, 2.24) is 29.4 Å². The highest BCUT2D eigenvalue weighted by Crippen LogP contribution is 2.23. The Kier molecular flexibility index (Phi) is 6.13. The number of rotatable bonds is 6. The number of fused-ring (bicyclic) bond motifs is 1. The van der Waals surface area contributed by atoms with E-state index < -0.39 is 0 Å². The van der Waals surface area contributed by atoms with Gasteiger partial charge in [-0.15, -0.1) is 0 Å². The van der Waals surface area contributed by atoms with Gasteiger partial charge in [-0.2, -0.15) is 5.10 Å². The van der Waals surface area contributed by atoms with Gasteiger partial charge in [0.1, 0.15) is 5.56 Å². The highest BCUT2D eigenvalue weighted by atomic mass is 16.2. The first kappa shape index (κ1) is 21.3. The van der Waals surface area contributed by atoms with Crippen molar-refractivity contribution in [1.29, 1.82) is 0 Å². The van der Waals surface area contributed by atoms with Crippen molar-refractivity contribution in [2.75, 3.05) is 26.7 Å². The lowest BCUT2D eigenvalue weighted by Crippen LogP contribution is -2.46. The number of piperidine rings is 1. The predicted molar refractivity (Wildman–Crippen MR) is 128 cm³/mol. The van der Waals surface area contributed by atoms with E-state index in [1.54, 1.807) is 16.9 Å². The number of carbonyl (C=O) groups is 1. The van der Waals surface area contributed by atoms with E-state index in [2.05, 4.69) is 26.0 Å². The second-order valence-corrected chi connectivity index (χ2v) is 8.55. The molecule has 1 fully saturated rings. The van der Waals surface area contributed by atoms with E-state index in [-0.39, 0.29) is 11.9 Å². The van der Waals surface area contributed by atoms with Crippen LogP contribution < -0.4 is 0 Å². The quantitative estimate of drug-likeness (QED) is 0.459. The molecule has 4 aromatic rings. The van der Waals surface area contributed by atoms with Crippen LogP contribution in [0.25, 0.3) is 16.9 Å². The summed E-state index contributed by atoms with van der Waals surface area (Å²) in [4.78, 5) is 26.6. The number of carbonyl (C=O) groups excluding carboxylic acids is 1. The third-order valence-corrected chi connectivity index (χ3v) is 6.54. The first-order chi connectivity index (χ1) is 16.2. The molecule has 1 amide bonds. The lowest BCUT2D eigenvalue weighted by Gasteiger charge is -2.36. The van der Waals surface area contributed by atoms with Crippen molar-refractivity contribution < 1.29 is 4.79 Å². The van der Waals surface area contributed by atoms with Crippen LogP contribution in [0.4, 0.5) is 0 Å². The van der Waals surface area contributed by atoms with Crippen LogP contribution in [0.2, 0.25) is 0 Å². The molecule has 0 radical (unpaired) electrons. The minimum atomic E-state index is -0.0188. The molecular formula is C26H28N6O. The van der Waals surface area contributed by atoms with Crippen LogP contribution >= 0.6 is 0 Å². The molecule has 4 heterocycles. The summed E-state index contributed by atoms with van der Waals surface area (Å²) in [6, 6.07) is 18.2. The normalized spacial score (nSPS) is 15.1. The van der Waals surface area contributed by atoms with Crippen molar-refractivity contribution in [2.24, 2.45) is 0 Å². The van der Waals surface area contributed by atoms with Gasteiger partial charge >= 0.3 is 0 Å². The molecule has 5 rings (SSSR count).